The average Bonchev–Trinajstić information content (AvgIpc) is 2.04. The van der Waals surface area contributed by atoms with E-state index in [0.29, 0.717) is 0 Å². The maximum Gasteiger partial charge on any atom is 0.268 e. The van der Waals surface area contributed by atoms with E-state index >= 15 is 0 Å². The zero-order valence-electron chi connectivity index (χ0n) is 6.05. The average molecular weight is 176 g/mol. The van der Waals surface area contributed by atoms with Gasteiger partial charge in [-0.25, -0.2) is 13.2 Å². The van der Waals surface area contributed by atoms with Gasteiger partial charge in [0.2, 0.25) is 0 Å². The van der Waals surface area contributed by atoms with Crippen molar-refractivity contribution in [3.05, 3.63) is 35.6 Å². The van der Waals surface area contributed by atoms with Crippen molar-refractivity contribution in [3.63, 3.8) is 0 Å². The molecule has 0 saturated carbocycles. The fourth-order valence-corrected chi connectivity index (χ4v) is 0.805. The molecular weight excluding hydrogens is 169 g/mol. The molecule has 0 spiro atoms. The minimum absolute atomic E-state index is 0.0198. The van der Waals surface area contributed by atoms with Gasteiger partial charge in [0.1, 0.15) is 11.9 Å². The minimum atomic E-state index is -2.84. The van der Waals surface area contributed by atoms with Crippen LogP contribution >= 0.6 is 0 Å². The summed E-state index contributed by atoms with van der Waals surface area (Å²) in [6.45, 7) is 0. The molecule has 1 N–H and O–H groups in total. The zero-order valence-corrected chi connectivity index (χ0v) is 6.05. The lowest BCUT2D eigenvalue weighted by molar-refractivity contribution is -0.00581. The van der Waals surface area contributed by atoms with Crippen LogP contribution in [0.4, 0.5) is 13.2 Å². The van der Waals surface area contributed by atoms with E-state index in [-0.39, 0.29) is 5.56 Å². The molecule has 4 heteroatoms. The van der Waals surface area contributed by atoms with Crippen molar-refractivity contribution in [3.8, 4) is 0 Å². The van der Waals surface area contributed by atoms with Crippen molar-refractivity contribution in [2.24, 2.45) is 0 Å². The van der Waals surface area contributed by atoms with Crippen LogP contribution in [-0.4, -0.2) is 11.5 Å². The Labute approximate surface area is 67.5 Å². The highest BCUT2D eigenvalue weighted by Crippen LogP contribution is 2.19. The molecule has 0 unspecified atom stereocenters. The van der Waals surface area contributed by atoms with Crippen LogP contribution in [0.3, 0.4) is 0 Å². The molecule has 0 aliphatic rings. The standard InChI is InChI=1S/C8H7F3O/c9-6-3-1-5(2-4-6)7(12)8(10)11/h1-4,7-8,12H/t7-/m0/s1. The molecule has 1 rings (SSSR count). The highest BCUT2D eigenvalue weighted by molar-refractivity contribution is 5.18. The van der Waals surface area contributed by atoms with E-state index in [0.717, 1.165) is 24.3 Å². The maximum absolute atomic E-state index is 12.3. The van der Waals surface area contributed by atoms with Gasteiger partial charge in [-0.05, 0) is 17.7 Å². The molecule has 0 aromatic heterocycles. The van der Waals surface area contributed by atoms with Crippen LogP contribution < -0.4 is 0 Å². The number of hydrogen-bond acceptors (Lipinski definition) is 1. The number of rotatable bonds is 2. The molecule has 1 atom stereocenters. The van der Waals surface area contributed by atoms with Crippen molar-refractivity contribution < 1.29 is 18.3 Å². The number of aliphatic hydroxyl groups is 1. The summed E-state index contributed by atoms with van der Waals surface area (Å²) >= 11 is 0. The first-order valence-electron chi connectivity index (χ1n) is 3.33. The van der Waals surface area contributed by atoms with E-state index in [1.165, 1.54) is 0 Å². The fourth-order valence-electron chi connectivity index (χ4n) is 0.805. The number of alkyl halides is 2. The molecule has 1 aromatic carbocycles. The Kier molecular flexibility index (Phi) is 2.70. The molecule has 12 heavy (non-hydrogen) atoms. The normalized spacial score (nSPS) is 13.4. The minimum Gasteiger partial charge on any atom is -0.382 e. The third-order valence-electron chi connectivity index (χ3n) is 1.45. The quantitative estimate of drug-likeness (QED) is 0.731. The Morgan fingerprint density at radius 2 is 1.58 bits per heavy atom. The second kappa shape index (κ2) is 3.58. The molecule has 0 heterocycles. The monoisotopic (exact) mass is 176 g/mol. The molecule has 0 aliphatic carbocycles. The fraction of sp³-hybridized carbons (Fsp3) is 0.250. The Bertz CT molecular complexity index is 245. The number of hydrogen-bond donors (Lipinski definition) is 1. The smallest absolute Gasteiger partial charge is 0.268 e. The maximum atomic E-state index is 12.3. The van der Waals surface area contributed by atoms with Crippen LogP contribution in [0.15, 0.2) is 24.3 Å². The third-order valence-corrected chi connectivity index (χ3v) is 1.45. The van der Waals surface area contributed by atoms with E-state index in [1.807, 2.05) is 0 Å². The lowest BCUT2D eigenvalue weighted by Gasteiger charge is -2.08. The summed E-state index contributed by atoms with van der Waals surface area (Å²) in [6.07, 6.45) is -4.67. The second-order valence-corrected chi connectivity index (χ2v) is 2.33. The van der Waals surface area contributed by atoms with E-state index < -0.39 is 18.3 Å². The summed E-state index contributed by atoms with van der Waals surface area (Å²) in [7, 11) is 0. The summed E-state index contributed by atoms with van der Waals surface area (Å²) in [4.78, 5) is 0. The lowest BCUT2D eigenvalue weighted by Crippen LogP contribution is -2.07. The molecule has 0 bridgehead atoms. The van der Waals surface area contributed by atoms with Crippen molar-refractivity contribution in [1.29, 1.82) is 0 Å². The van der Waals surface area contributed by atoms with Gasteiger partial charge < -0.3 is 5.11 Å². The van der Waals surface area contributed by atoms with E-state index in [2.05, 4.69) is 0 Å². The topological polar surface area (TPSA) is 20.2 Å². The Morgan fingerprint density at radius 3 is 2.00 bits per heavy atom. The van der Waals surface area contributed by atoms with E-state index in [1.54, 1.807) is 0 Å². The first-order valence-corrected chi connectivity index (χ1v) is 3.33. The van der Waals surface area contributed by atoms with Gasteiger partial charge in [-0.2, -0.15) is 0 Å². The molecule has 1 nitrogen and oxygen atoms in total. The van der Waals surface area contributed by atoms with Gasteiger partial charge in [0.05, 0.1) is 0 Å². The molecule has 66 valence electrons. The Hall–Kier alpha value is -1.03. The van der Waals surface area contributed by atoms with Gasteiger partial charge in [0.25, 0.3) is 6.43 Å². The van der Waals surface area contributed by atoms with Crippen LogP contribution in [0.2, 0.25) is 0 Å². The zero-order chi connectivity index (χ0) is 9.14. The SMILES string of the molecule is O[C@@H](c1ccc(F)cc1)C(F)F. The molecule has 0 amide bonds. The first-order chi connectivity index (χ1) is 5.61. The second-order valence-electron chi connectivity index (χ2n) is 2.33. The van der Waals surface area contributed by atoms with Crippen molar-refractivity contribution in [2.45, 2.75) is 12.5 Å². The third kappa shape index (κ3) is 1.98. The van der Waals surface area contributed by atoms with Crippen LogP contribution in [0.25, 0.3) is 0 Å². The van der Waals surface area contributed by atoms with Crippen molar-refractivity contribution in [2.75, 3.05) is 0 Å². The molecule has 0 aliphatic heterocycles. The summed E-state index contributed by atoms with van der Waals surface area (Å²) in [5.74, 6) is -0.514. The predicted molar refractivity (Wildman–Crippen MR) is 37.4 cm³/mol. The Morgan fingerprint density at radius 1 is 1.08 bits per heavy atom. The number of aliphatic hydroxyl groups excluding tert-OH is 1. The van der Waals surface area contributed by atoms with Gasteiger partial charge in [0.15, 0.2) is 0 Å². The van der Waals surface area contributed by atoms with Crippen LogP contribution in [-0.2, 0) is 0 Å². The van der Waals surface area contributed by atoms with Gasteiger partial charge >= 0.3 is 0 Å². The molecular formula is C8H7F3O. The summed E-state index contributed by atoms with van der Waals surface area (Å²) in [5.41, 5.74) is 0.0198. The van der Waals surface area contributed by atoms with Crippen molar-refractivity contribution >= 4 is 0 Å². The van der Waals surface area contributed by atoms with E-state index in [4.69, 9.17) is 5.11 Å². The van der Waals surface area contributed by atoms with Gasteiger partial charge in [-0.1, -0.05) is 12.1 Å². The number of halogens is 3. The van der Waals surface area contributed by atoms with Crippen LogP contribution in [0, 0.1) is 5.82 Å². The van der Waals surface area contributed by atoms with E-state index in [9.17, 15) is 13.2 Å². The summed E-state index contributed by atoms with van der Waals surface area (Å²) in [6, 6.07) is 4.32. The summed E-state index contributed by atoms with van der Waals surface area (Å²) < 4.78 is 36.0. The van der Waals surface area contributed by atoms with Crippen molar-refractivity contribution in [1.82, 2.24) is 0 Å². The molecule has 0 radical (unpaired) electrons. The van der Waals surface area contributed by atoms with Gasteiger partial charge in [-0.15, -0.1) is 0 Å². The molecule has 0 saturated heterocycles. The van der Waals surface area contributed by atoms with Gasteiger partial charge in [0, 0.05) is 0 Å². The van der Waals surface area contributed by atoms with Gasteiger partial charge in [-0.3, -0.25) is 0 Å². The summed E-state index contributed by atoms with van der Waals surface area (Å²) in [5, 5.41) is 8.82. The molecule has 0 fully saturated rings. The lowest BCUT2D eigenvalue weighted by atomic mass is 10.1. The largest absolute Gasteiger partial charge is 0.382 e. The highest BCUT2D eigenvalue weighted by Gasteiger charge is 2.18. The highest BCUT2D eigenvalue weighted by atomic mass is 19.3. The Balaban J connectivity index is 2.82. The number of benzene rings is 1. The van der Waals surface area contributed by atoms with Crippen LogP contribution in [0.5, 0.6) is 0 Å². The molecule has 1 aromatic rings. The first kappa shape index (κ1) is 9.06. The predicted octanol–water partition coefficient (Wildman–Crippen LogP) is 2.12. The van der Waals surface area contributed by atoms with Crippen LogP contribution in [0.1, 0.15) is 11.7 Å².